The fourth-order valence-electron chi connectivity index (χ4n) is 1.80. The maximum atomic E-state index is 12.1. The molecule has 20 heavy (non-hydrogen) atoms. The number of amides is 1. The fourth-order valence-corrected chi connectivity index (χ4v) is 2.66. The molecule has 2 aromatic heterocycles. The number of hydrogen-bond donors (Lipinski definition) is 3. The van der Waals surface area contributed by atoms with Crippen LogP contribution in [0.5, 0.6) is 0 Å². The van der Waals surface area contributed by atoms with Crippen LogP contribution in [0.1, 0.15) is 10.4 Å². The molecule has 0 radical (unpaired) electrons. The summed E-state index contributed by atoms with van der Waals surface area (Å²) in [5, 5.41) is 2.74. The van der Waals surface area contributed by atoms with Crippen molar-refractivity contribution in [1.29, 1.82) is 0 Å². The third-order valence-electron chi connectivity index (χ3n) is 2.71. The molecule has 0 aliphatic heterocycles. The summed E-state index contributed by atoms with van der Waals surface area (Å²) in [4.78, 5) is 28.6. The number of hydrogen-bond acceptors (Lipinski definition) is 3. The number of carbonyl (C=O) groups is 1. The number of benzene rings is 1. The Labute approximate surface area is 128 Å². The first-order valence-corrected chi connectivity index (χ1v) is 7.09. The van der Waals surface area contributed by atoms with E-state index in [2.05, 4.69) is 47.1 Å². The van der Waals surface area contributed by atoms with Gasteiger partial charge in [-0.2, -0.15) is 0 Å². The summed E-state index contributed by atoms with van der Waals surface area (Å²) in [7, 11) is 0. The summed E-state index contributed by atoms with van der Waals surface area (Å²) in [5.41, 5.74) is 1.91. The molecule has 0 atom stereocenters. The number of furan rings is 1. The molecule has 0 spiro atoms. The SMILES string of the molecule is O=C(Nc1cc2[nH]c(=O)[nH]c2cc1Br)c1ccoc1Br. The summed E-state index contributed by atoms with van der Waals surface area (Å²) in [6.07, 6.45) is 1.42. The Bertz CT molecular complexity index is 862. The van der Waals surface area contributed by atoms with Crippen molar-refractivity contribution in [1.82, 2.24) is 9.97 Å². The molecule has 0 saturated carbocycles. The van der Waals surface area contributed by atoms with Gasteiger partial charge >= 0.3 is 5.69 Å². The molecule has 2 heterocycles. The number of halogens is 2. The standard InChI is InChI=1S/C12H7Br2N3O3/c13-6-3-8-9(17-12(19)16-8)4-7(6)15-11(18)5-1-2-20-10(5)14/h1-4H,(H,15,18)(H2,16,17,19). The molecular weight excluding hydrogens is 394 g/mol. The maximum Gasteiger partial charge on any atom is 0.323 e. The Hall–Kier alpha value is -1.80. The summed E-state index contributed by atoms with van der Waals surface area (Å²) < 4.78 is 6.04. The van der Waals surface area contributed by atoms with Crippen LogP contribution in [0.2, 0.25) is 0 Å². The fraction of sp³-hybridized carbons (Fsp3) is 0. The van der Waals surface area contributed by atoms with Crippen molar-refractivity contribution in [3.05, 3.63) is 49.7 Å². The summed E-state index contributed by atoms with van der Waals surface area (Å²) in [5.74, 6) is -0.316. The second kappa shape index (κ2) is 4.95. The Kier molecular flexibility index (Phi) is 3.27. The molecule has 6 nitrogen and oxygen atoms in total. The average molecular weight is 401 g/mol. The van der Waals surface area contributed by atoms with E-state index >= 15 is 0 Å². The van der Waals surface area contributed by atoms with Gasteiger partial charge in [-0.05, 0) is 50.1 Å². The zero-order valence-electron chi connectivity index (χ0n) is 9.79. The molecule has 0 saturated heterocycles. The third kappa shape index (κ3) is 2.32. The molecule has 3 N–H and O–H groups in total. The van der Waals surface area contributed by atoms with Gasteiger partial charge < -0.3 is 19.7 Å². The zero-order chi connectivity index (χ0) is 14.3. The van der Waals surface area contributed by atoms with Crippen LogP contribution in [-0.2, 0) is 0 Å². The van der Waals surface area contributed by atoms with Crippen molar-refractivity contribution in [2.45, 2.75) is 0 Å². The van der Waals surface area contributed by atoms with Crippen LogP contribution >= 0.6 is 31.9 Å². The molecule has 0 fully saturated rings. The highest BCUT2D eigenvalue weighted by atomic mass is 79.9. The first-order chi connectivity index (χ1) is 9.54. The lowest BCUT2D eigenvalue weighted by molar-refractivity contribution is 0.102. The second-order valence-electron chi connectivity index (χ2n) is 4.02. The lowest BCUT2D eigenvalue weighted by Gasteiger charge is -2.06. The van der Waals surface area contributed by atoms with E-state index in [1.165, 1.54) is 6.26 Å². The molecule has 1 aromatic carbocycles. The molecule has 3 aromatic rings. The van der Waals surface area contributed by atoms with Gasteiger partial charge in [0.1, 0.15) is 0 Å². The van der Waals surface area contributed by atoms with Crippen molar-refractivity contribution in [2.24, 2.45) is 0 Å². The summed E-state index contributed by atoms with van der Waals surface area (Å²) in [6, 6.07) is 4.94. The molecule has 0 aliphatic carbocycles. The normalized spacial score (nSPS) is 10.9. The molecule has 0 aliphatic rings. The number of nitrogens with one attached hydrogen (secondary N) is 3. The van der Waals surface area contributed by atoms with Crippen LogP contribution in [0.4, 0.5) is 5.69 Å². The van der Waals surface area contributed by atoms with E-state index in [-0.39, 0.29) is 11.6 Å². The van der Waals surface area contributed by atoms with E-state index < -0.39 is 0 Å². The quantitative estimate of drug-likeness (QED) is 0.616. The van der Waals surface area contributed by atoms with Crippen molar-refractivity contribution in [3.63, 3.8) is 0 Å². The van der Waals surface area contributed by atoms with E-state index in [9.17, 15) is 9.59 Å². The highest BCUT2D eigenvalue weighted by Gasteiger charge is 2.15. The monoisotopic (exact) mass is 399 g/mol. The number of anilines is 1. The predicted molar refractivity (Wildman–Crippen MR) is 81.0 cm³/mol. The van der Waals surface area contributed by atoms with Gasteiger partial charge in [0.25, 0.3) is 5.91 Å². The highest BCUT2D eigenvalue weighted by molar-refractivity contribution is 9.10. The van der Waals surface area contributed by atoms with Gasteiger partial charge in [-0.1, -0.05) is 0 Å². The Morgan fingerprint density at radius 3 is 2.55 bits per heavy atom. The van der Waals surface area contributed by atoms with Crippen LogP contribution in [0.25, 0.3) is 11.0 Å². The maximum absolute atomic E-state index is 12.1. The van der Waals surface area contributed by atoms with Gasteiger partial charge in [-0.3, -0.25) is 4.79 Å². The van der Waals surface area contributed by atoms with Gasteiger partial charge in [0.15, 0.2) is 4.67 Å². The van der Waals surface area contributed by atoms with Gasteiger partial charge in [0, 0.05) is 4.47 Å². The molecule has 3 rings (SSSR count). The first-order valence-electron chi connectivity index (χ1n) is 5.50. The largest absolute Gasteiger partial charge is 0.457 e. The van der Waals surface area contributed by atoms with Crippen LogP contribution in [0.3, 0.4) is 0 Å². The molecule has 102 valence electrons. The van der Waals surface area contributed by atoms with Gasteiger partial charge in [-0.15, -0.1) is 0 Å². The van der Waals surface area contributed by atoms with Gasteiger partial charge in [0.2, 0.25) is 0 Å². The zero-order valence-corrected chi connectivity index (χ0v) is 13.0. The number of imidazole rings is 1. The van der Waals surface area contributed by atoms with Crippen LogP contribution in [0.15, 0.2) is 42.8 Å². The van der Waals surface area contributed by atoms with Gasteiger partial charge in [0.05, 0.1) is 28.5 Å². The third-order valence-corrected chi connectivity index (χ3v) is 3.98. The Morgan fingerprint density at radius 1 is 1.20 bits per heavy atom. The number of H-pyrrole nitrogens is 2. The average Bonchev–Trinajstić information content (AvgIpc) is 2.94. The minimum Gasteiger partial charge on any atom is -0.457 e. The number of carbonyl (C=O) groups excluding carboxylic acids is 1. The summed E-state index contributed by atoms with van der Waals surface area (Å²) >= 11 is 6.50. The number of fused-ring (bicyclic) bond motifs is 1. The van der Waals surface area contributed by atoms with E-state index in [1.807, 2.05) is 0 Å². The van der Waals surface area contributed by atoms with E-state index in [0.717, 1.165) is 0 Å². The Balaban J connectivity index is 1.98. The highest BCUT2D eigenvalue weighted by Crippen LogP contribution is 2.27. The van der Waals surface area contributed by atoms with E-state index in [1.54, 1.807) is 18.2 Å². The number of aromatic amines is 2. The minimum atomic E-state index is -0.316. The topological polar surface area (TPSA) is 90.9 Å². The minimum absolute atomic E-state index is 0.298. The van der Waals surface area contributed by atoms with Crippen LogP contribution in [-0.4, -0.2) is 15.9 Å². The van der Waals surface area contributed by atoms with Crippen molar-refractivity contribution in [2.75, 3.05) is 5.32 Å². The first kappa shape index (κ1) is 13.2. The number of aromatic nitrogens is 2. The summed E-state index contributed by atoms with van der Waals surface area (Å²) in [6.45, 7) is 0. The predicted octanol–water partition coefficient (Wildman–Crippen LogP) is 3.23. The lowest BCUT2D eigenvalue weighted by atomic mass is 10.2. The Morgan fingerprint density at radius 2 is 1.90 bits per heavy atom. The van der Waals surface area contributed by atoms with Crippen molar-refractivity contribution >= 4 is 54.5 Å². The van der Waals surface area contributed by atoms with Crippen molar-refractivity contribution in [3.8, 4) is 0 Å². The van der Waals surface area contributed by atoms with E-state index in [4.69, 9.17) is 4.42 Å². The molecule has 8 heteroatoms. The molecular formula is C12H7Br2N3O3. The number of rotatable bonds is 2. The second-order valence-corrected chi connectivity index (χ2v) is 5.59. The van der Waals surface area contributed by atoms with Crippen LogP contribution < -0.4 is 11.0 Å². The van der Waals surface area contributed by atoms with Crippen molar-refractivity contribution < 1.29 is 9.21 Å². The lowest BCUT2D eigenvalue weighted by Crippen LogP contribution is -2.11. The molecule has 0 unspecified atom stereocenters. The molecule has 0 bridgehead atoms. The smallest absolute Gasteiger partial charge is 0.323 e. The van der Waals surface area contributed by atoms with Gasteiger partial charge in [-0.25, -0.2) is 4.79 Å². The van der Waals surface area contributed by atoms with E-state index in [0.29, 0.717) is 31.4 Å². The van der Waals surface area contributed by atoms with Crippen LogP contribution in [0, 0.1) is 0 Å². The molecule has 1 amide bonds.